The zero-order valence-electron chi connectivity index (χ0n) is 17.0. The van der Waals surface area contributed by atoms with E-state index in [4.69, 9.17) is 18.7 Å². The quantitative estimate of drug-likeness (QED) is 0.353. The molecule has 2 atom stereocenters. The minimum atomic E-state index is -0.287. The lowest BCUT2D eigenvalue weighted by atomic mass is 9.79. The molecule has 2 unspecified atom stereocenters. The van der Waals surface area contributed by atoms with Crippen molar-refractivity contribution >= 4 is 49.6 Å². The average Bonchev–Trinajstić information content (AvgIpc) is 3.53. The van der Waals surface area contributed by atoms with Gasteiger partial charge in [0.1, 0.15) is 23.3 Å². The Morgan fingerprint density at radius 2 is 2.03 bits per heavy atom. The fourth-order valence-electron chi connectivity index (χ4n) is 4.29. The number of carbonyl (C=O) groups is 1. The van der Waals surface area contributed by atoms with Crippen molar-refractivity contribution in [3.05, 3.63) is 81.0 Å². The van der Waals surface area contributed by atoms with Crippen LogP contribution in [0.5, 0.6) is 5.75 Å². The van der Waals surface area contributed by atoms with E-state index >= 15 is 0 Å². The number of furan rings is 2. The third-order valence-corrected chi connectivity index (χ3v) is 6.81. The Labute approximate surface area is 202 Å². The van der Waals surface area contributed by atoms with Crippen LogP contribution < -0.4 is 4.74 Å². The average molecular weight is 560 g/mol. The number of fused-ring (bicyclic) bond motifs is 1. The number of rotatable bonds is 5. The van der Waals surface area contributed by atoms with Gasteiger partial charge in [-0.3, -0.25) is 4.79 Å². The molecule has 1 aliphatic heterocycles. The molecule has 0 bridgehead atoms. The fraction of sp³-hybridized carbons (Fsp3) is 0.250. The van der Waals surface area contributed by atoms with E-state index in [9.17, 15) is 4.79 Å². The van der Waals surface area contributed by atoms with E-state index in [-0.39, 0.29) is 24.5 Å². The van der Waals surface area contributed by atoms with Crippen molar-refractivity contribution in [2.24, 2.45) is 11.0 Å². The lowest BCUT2D eigenvalue weighted by Gasteiger charge is -2.27. The number of halogens is 2. The predicted molar refractivity (Wildman–Crippen MR) is 127 cm³/mol. The maximum absolute atomic E-state index is 13.3. The van der Waals surface area contributed by atoms with Crippen molar-refractivity contribution in [1.29, 1.82) is 0 Å². The number of ether oxygens (including phenoxy) is 1. The monoisotopic (exact) mass is 558 g/mol. The number of hydrogen-bond acceptors (Lipinski definition) is 5. The van der Waals surface area contributed by atoms with E-state index in [1.807, 2.05) is 48.5 Å². The van der Waals surface area contributed by atoms with E-state index in [2.05, 4.69) is 31.9 Å². The highest BCUT2D eigenvalue weighted by molar-refractivity contribution is 9.11. The summed E-state index contributed by atoms with van der Waals surface area (Å²) < 4.78 is 18.7. The number of hydrazone groups is 1. The molecule has 2 aliphatic rings. The third kappa shape index (κ3) is 4.21. The molecule has 8 heteroatoms. The van der Waals surface area contributed by atoms with Crippen molar-refractivity contribution in [1.82, 2.24) is 5.01 Å². The van der Waals surface area contributed by atoms with Crippen LogP contribution in [0.1, 0.15) is 36.8 Å². The van der Waals surface area contributed by atoms with Crippen molar-refractivity contribution in [3.8, 4) is 5.75 Å². The van der Waals surface area contributed by atoms with E-state index in [1.165, 1.54) is 5.01 Å². The van der Waals surface area contributed by atoms with Crippen LogP contribution in [0.2, 0.25) is 0 Å². The zero-order valence-corrected chi connectivity index (χ0v) is 20.2. The molecule has 1 aliphatic carbocycles. The molecule has 6 nitrogen and oxygen atoms in total. The van der Waals surface area contributed by atoms with E-state index < -0.39 is 0 Å². The first-order valence-corrected chi connectivity index (χ1v) is 11.9. The number of nitrogens with zero attached hydrogens (tertiary/aromatic N) is 2. The molecular formula is C24H20Br2N2O4. The molecule has 3 aromatic rings. The van der Waals surface area contributed by atoms with Gasteiger partial charge in [-0.05, 0) is 89.3 Å². The molecule has 0 N–H and O–H groups in total. The Bertz CT molecular complexity index is 1170. The number of amides is 1. The Hall–Kier alpha value is -2.58. The van der Waals surface area contributed by atoms with Crippen LogP contribution in [0, 0.1) is 5.92 Å². The van der Waals surface area contributed by atoms with Gasteiger partial charge in [0.25, 0.3) is 5.91 Å². The smallest absolute Gasteiger partial charge is 0.281 e. The van der Waals surface area contributed by atoms with Crippen molar-refractivity contribution in [2.75, 3.05) is 6.61 Å². The van der Waals surface area contributed by atoms with Gasteiger partial charge >= 0.3 is 0 Å². The zero-order chi connectivity index (χ0) is 22.1. The Morgan fingerprint density at radius 1 is 1.19 bits per heavy atom. The molecule has 1 amide bonds. The van der Waals surface area contributed by atoms with Crippen molar-refractivity contribution < 1.29 is 18.4 Å². The van der Waals surface area contributed by atoms with Gasteiger partial charge in [-0.2, -0.15) is 5.10 Å². The molecule has 1 saturated carbocycles. The number of benzene rings is 1. The Morgan fingerprint density at radius 3 is 2.78 bits per heavy atom. The minimum absolute atomic E-state index is 0.0690. The number of carbonyl (C=O) groups excluding carboxylic acids is 1. The second kappa shape index (κ2) is 9.11. The highest BCUT2D eigenvalue weighted by atomic mass is 79.9. The standard InChI is InChI=1S/C24H20Br2N2O4/c25-16-8-9-20(19(26)13-16)32-14-22(29)28-24(21-7-3-11-31-21)18-6-1-4-15(23(18)27-28)12-17-5-2-10-30-17/h2-3,5,7-13,18,24H,1,4,6,14H2/b15-12+. The summed E-state index contributed by atoms with van der Waals surface area (Å²) in [6, 6.07) is 12.8. The van der Waals surface area contributed by atoms with Gasteiger partial charge in [-0.15, -0.1) is 0 Å². The largest absolute Gasteiger partial charge is 0.483 e. The van der Waals surface area contributed by atoms with Crippen LogP contribution in [0.3, 0.4) is 0 Å². The van der Waals surface area contributed by atoms with Gasteiger partial charge < -0.3 is 13.6 Å². The topological polar surface area (TPSA) is 68.2 Å². The molecule has 1 aromatic carbocycles. The van der Waals surface area contributed by atoms with Crippen LogP contribution in [0.15, 0.2) is 83.4 Å². The van der Waals surface area contributed by atoms with Gasteiger partial charge in [-0.1, -0.05) is 15.9 Å². The van der Waals surface area contributed by atoms with Crippen LogP contribution in [0.4, 0.5) is 0 Å². The molecule has 3 heterocycles. The summed E-state index contributed by atoms with van der Waals surface area (Å²) in [5.41, 5.74) is 2.02. The third-order valence-electron chi connectivity index (χ3n) is 5.70. The normalized spacial score (nSPS) is 21.5. The molecule has 0 spiro atoms. The van der Waals surface area contributed by atoms with Crippen molar-refractivity contribution in [2.45, 2.75) is 25.3 Å². The highest BCUT2D eigenvalue weighted by Gasteiger charge is 2.45. The lowest BCUT2D eigenvalue weighted by Crippen LogP contribution is -2.34. The van der Waals surface area contributed by atoms with Crippen LogP contribution in [-0.4, -0.2) is 23.2 Å². The summed E-state index contributed by atoms with van der Waals surface area (Å²) in [6.07, 6.45) is 8.15. The van der Waals surface area contributed by atoms with Gasteiger partial charge in [0.2, 0.25) is 0 Å². The van der Waals surface area contributed by atoms with Crippen molar-refractivity contribution in [3.63, 3.8) is 0 Å². The Balaban J connectivity index is 1.43. The lowest BCUT2D eigenvalue weighted by molar-refractivity contribution is -0.136. The molecule has 0 radical (unpaired) electrons. The molecule has 32 heavy (non-hydrogen) atoms. The van der Waals surface area contributed by atoms with Crippen LogP contribution in [-0.2, 0) is 4.79 Å². The highest BCUT2D eigenvalue weighted by Crippen LogP contribution is 2.44. The Kier molecular flexibility index (Phi) is 6.06. The minimum Gasteiger partial charge on any atom is -0.483 e. The molecule has 5 rings (SSSR count). The first-order valence-electron chi connectivity index (χ1n) is 10.4. The first-order chi connectivity index (χ1) is 15.6. The van der Waals surface area contributed by atoms with E-state index in [0.29, 0.717) is 5.75 Å². The van der Waals surface area contributed by atoms with E-state index in [1.54, 1.807) is 12.5 Å². The summed E-state index contributed by atoms with van der Waals surface area (Å²) in [7, 11) is 0. The maximum atomic E-state index is 13.3. The van der Waals surface area contributed by atoms with Gasteiger partial charge in [0, 0.05) is 10.4 Å². The number of allylic oxidation sites excluding steroid dienone is 1. The second-order valence-electron chi connectivity index (χ2n) is 7.73. The summed E-state index contributed by atoms with van der Waals surface area (Å²) in [5, 5.41) is 6.32. The molecule has 164 valence electrons. The summed E-state index contributed by atoms with van der Waals surface area (Å²) in [5.74, 6) is 1.95. The van der Waals surface area contributed by atoms with Gasteiger partial charge in [-0.25, -0.2) is 5.01 Å². The van der Waals surface area contributed by atoms with Crippen LogP contribution >= 0.6 is 31.9 Å². The van der Waals surface area contributed by atoms with Crippen LogP contribution in [0.25, 0.3) is 6.08 Å². The molecular weight excluding hydrogens is 540 g/mol. The summed E-state index contributed by atoms with van der Waals surface area (Å²) in [4.78, 5) is 13.3. The van der Waals surface area contributed by atoms with E-state index in [0.717, 1.165) is 51.0 Å². The van der Waals surface area contributed by atoms with Gasteiger partial charge in [0.05, 0.1) is 22.7 Å². The molecule has 0 saturated heterocycles. The summed E-state index contributed by atoms with van der Waals surface area (Å²) >= 11 is 6.89. The first kappa shape index (κ1) is 21.3. The second-order valence-corrected chi connectivity index (χ2v) is 9.50. The SMILES string of the molecule is O=C(COc1ccc(Br)cc1Br)N1N=C2/C(=C/c3ccco3)CCCC2C1c1ccco1. The summed E-state index contributed by atoms with van der Waals surface area (Å²) in [6.45, 7) is -0.127. The van der Waals surface area contributed by atoms with Gasteiger partial charge in [0.15, 0.2) is 6.61 Å². The maximum Gasteiger partial charge on any atom is 0.281 e. The number of hydrogen-bond donors (Lipinski definition) is 0. The molecule has 1 fully saturated rings. The molecule has 2 aromatic heterocycles. The fourth-order valence-corrected chi connectivity index (χ4v) is 5.45. The predicted octanol–water partition coefficient (Wildman–Crippen LogP) is 6.60.